The second-order valence-electron chi connectivity index (χ2n) is 7.18. The predicted molar refractivity (Wildman–Crippen MR) is 109 cm³/mol. The SMILES string of the molecule is COc1cc2[nH]ncc2cc1Nc1nc(-c2ccc3c(c2)CN(C)C3)ncc1F. The van der Waals surface area contributed by atoms with Crippen molar-refractivity contribution in [3.63, 3.8) is 0 Å². The summed E-state index contributed by atoms with van der Waals surface area (Å²) in [6.45, 7) is 1.82. The van der Waals surface area contributed by atoms with Gasteiger partial charge in [-0.05, 0) is 30.3 Å². The Morgan fingerprint density at radius 3 is 2.86 bits per heavy atom. The first kappa shape index (κ1) is 17.6. The number of fused-ring (bicyclic) bond motifs is 2. The van der Waals surface area contributed by atoms with Crippen molar-refractivity contribution in [2.24, 2.45) is 0 Å². The van der Waals surface area contributed by atoms with Gasteiger partial charge >= 0.3 is 0 Å². The zero-order chi connectivity index (χ0) is 20.0. The molecule has 2 aromatic heterocycles. The summed E-state index contributed by atoms with van der Waals surface area (Å²) < 4.78 is 19.9. The fourth-order valence-corrected chi connectivity index (χ4v) is 3.66. The molecule has 0 radical (unpaired) electrons. The van der Waals surface area contributed by atoms with E-state index in [0.29, 0.717) is 17.3 Å². The van der Waals surface area contributed by atoms with Crippen LogP contribution in [0.15, 0.2) is 42.7 Å². The quantitative estimate of drug-likeness (QED) is 0.551. The highest BCUT2D eigenvalue weighted by Gasteiger charge is 2.18. The molecule has 0 bridgehead atoms. The van der Waals surface area contributed by atoms with Crippen molar-refractivity contribution in [1.82, 2.24) is 25.1 Å². The number of hydrogen-bond acceptors (Lipinski definition) is 6. The molecule has 7 nitrogen and oxygen atoms in total. The fourth-order valence-electron chi connectivity index (χ4n) is 3.66. The normalized spacial score (nSPS) is 13.6. The van der Waals surface area contributed by atoms with Crippen molar-refractivity contribution < 1.29 is 9.13 Å². The zero-order valence-electron chi connectivity index (χ0n) is 16.0. The van der Waals surface area contributed by atoms with Gasteiger partial charge in [-0.15, -0.1) is 0 Å². The van der Waals surface area contributed by atoms with E-state index in [9.17, 15) is 4.39 Å². The summed E-state index contributed by atoms with van der Waals surface area (Å²) in [5.74, 6) is 0.578. The maximum absolute atomic E-state index is 14.5. The van der Waals surface area contributed by atoms with Crippen LogP contribution in [0.4, 0.5) is 15.9 Å². The zero-order valence-corrected chi connectivity index (χ0v) is 16.0. The van der Waals surface area contributed by atoms with Crippen LogP contribution in [0, 0.1) is 5.82 Å². The van der Waals surface area contributed by atoms with Crippen LogP contribution >= 0.6 is 0 Å². The van der Waals surface area contributed by atoms with Gasteiger partial charge in [-0.1, -0.05) is 12.1 Å². The molecule has 1 aliphatic heterocycles. The van der Waals surface area contributed by atoms with Gasteiger partial charge < -0.3 is 10.1 Å². The molecule has 2 N–H and O–H groups in total. The molecule has 0 amide bonds. The van der Waals surface area contributed by atoms with E-state index in [1.165, 1.54) is 17.3 Å². The third-order valence-corrected chi connectivity index (χ3v) is 5.10. The van der Waals surface area contributed by atoms with Crippen LogP contribution < -0.4 is 10.1 Å². The van der Waals surface area contributed by atoms with Crippen molar-refractivity contribution in [1.29, 1.82) is 0 Å². The second-order valence-corrected chi connectivity index (χ2v) is 7.18. The second kappa shape index (κ2) is 6.82. The van der Waals surface area contributed by atoms with Crippen molar-refractivity contribution in [3.05, 3.63) is 59.7 Å². The summed E-state index contributed by atoms with van der Waals surface area (Å²) >= 11 is 0. The molecular formula is C21H19FN6O. The minimum absolute atomic E-state index is 0.0914. The predicted octanol–water partition coefficient (Wildman–Crippen LogP) is 3.86. The Morgan fingerprint density at radius 1 is 1.14 bits per heavy atom. The van der Waals surface area contributed by atoms with E-state index in [4.69, 9.17) is 4.74 Å². The molecule has 0 saturated carbocycles. The average Bonchev–Trinajstić information content (AvgIpc) is 3.33. The summed E-state index contributed by atoms with van der Waals surface area (Å²) in [5, 5.41) is 10.8. The van der Waals surface area contributed by atoms with E-state index in [1.54, 1.807) is 13.3 Å². The lowest BCUT2D eigenvalue weighted by atomic mass is 10.1. The lowest BCUT2D eigenvalue weighted by Crippen LogP contribution is -2.07. The lowest BCUT2D eigenvalue weighted by Gasteiger charge is -2.12. The maximum Gasteiger partial charge on any atom is 0.184 e. The van der Waals surface area contributed by atoms with Crippen molar-refractivity contribution in [2.45, 2.75) is 13.1 Å². The molecule has 1 aliphatic rings. The van der Waals surface area contributed by atoms with E-state index >= 15 is 0 Å². The molecule has 0 spiro atoms. The van der Waals surface area contributed by atoms with Crippen LogP contribution in [0.2, 0.25) is 0 Å². The molecule has 2 aromatic carbocycles. The largest absolute Gasteiger partial charge is 0.494 e. The number of aromatic nitrogens is 4. The van der Waals surface area contributed by atoms with Gasteiger partial charge in [-0.25, -0.2) is 14.4 Å². The summed E-state index contributed by atoms with van der Waals surface area (Å²) in [5.41, 5.74) is 4.84. The number of methoxy groups -OCH3 is 1. The molecule has 5 rings (SSSR count). The Morgan fingerprint density at radius 2 is 2.00 bits per heavy atom. The van der Waals surface area contributed by atoms with E-state index in [0.717, 1.165) is 29.6 Å². The molecule has 0 saturated heterocycles. The van der Waals surface area contributed by atoms with Crippen LogP contribution in [0.1, 0.15) is 11.1 Å². The van der Waals surface area contributed by atoms with Crippen LogP contribution in [0.5, 0.6) is 5.75 Å². The summed E-state index contributed by atoms with van der Waals surface area (Å²) in [7, 11) is 3.65. The van der Waals surface area contributed by atoms with Crippen LogP contribution in [0.3, 0.4) is 0 Å². The Labute approximate surface area is 166 Å². The number of benzene rings is 2. The van der Waals surface area contributed by atoms with Gasteiger partial charge in [-0.2, -0.15) is 5.10 Å². The summed E-state index contributed by atoms with van der Waals surface area (Å²) in [4.78, 5) is 10.9. The molecular weight excluding hydrogens is 371 g/mol. The van der Waals surface area contributed by atoms with Crippen molar-refractivity contribution in [3.8, 4) is 17.1 Å². The van der Waals surface area contributed by atoms with Crippen LogP contribution in [-0.4, -0.2) is 39.2 Å². The highest BCUT2D eigenvalue weighted by Crippen LogP contribution is 2.33. The number of anilines is 2. The Hall–Kier alpha value is -3.52. The lowest BCUT2D eigenvalue weighted by molar-refractivity contribution is 0.353. The Balaban J connectivity index is 1.52. The minimum atomic E-state index is -0.538. The van der Waals surface area contributed by atoms with E-state index in [-0.39, 0.29) is 5.82 Å². The van der Waals surface area contributed by atoms with E-state index in [1.807, 2.05) is 18.2 Å². The molecule has 0 fully saturated rings. The highest BCUT2D eigenvalue weighted by atomic mass is 19.1. The summed E-state index contributed by atoms with van der Waals surface area (Å²) in [6.07, 6.45) is 2.89. The molecule has 0 atom stereocenters. The third-order valence-electron chi connectivity index (χ3n) is 5.10. The van der Waals surface area contributed by atoms with Gasteiger partial charge in [0.2, 0.25) is 0 Å². The van der Waals surface area contributed by atoms with E-state index in [2.05, 4.69) is 49.6 Å². The topological polar surface area (TPSA) is 79.0 Å². The van der Waals surface area contributed by atoms with Gasteiger partial charge in [-0.3, -0.25) is 10.00 Å². The first-order chi connectivity index (χ1) is 14.1. The monoisotopic (exact) mass is 390 g/mol. The van der Waals surface area contributed by atoms with Crippen molar-refractivity contribution in [2.75, 3.05) is 19.5 Å². The number of nitrogens with zero attached hydrogens (tertiary/aromatic N) is 4. The number of halogens is 1. The maximum atomic E-state index is 14.5. The van der Waals surface area contributed by atoms with Gasteiger partial charge in [0, 0.05) is 30.1 Å². The number of hydrogen-bond donors (Lipinski definition) is 2. The molecule has 0 unspecified atom stereocenters. The van der Waals surface area contributed by atoms with Gasteiger partial charge in [0.1, 0.15) is 5.75 Å². The van der Waals surface area contributed by atoms with Gasteiger partial charge in [0.05, 0.1) is 30.7 Å². The van der Waals surface area contributed by atoms with Crippen LogP contribution in [-0.2, 0) is 13.1 Å². The third kappa shape index (κ3) is 3.17. The fraction of sp³-hybridized carbons (Fsp3) is 0.190. The number of nitrogens with one attached hydrogen (secondary N) is 2. The number of ether oxygens (including phenoxy) is 1. The number of aromatic amines is 1. The number of rotatable bonds is 4. The van der Waals surface area contributed by atoms with Gasteiger partial charge in [0.15, 0.2) is 17.5 Å². The van der Waals surface area contributed by atoms with Crippen LogP contribution in [0.25, 0.3) is 22.3 Å². The Bertz CT molecular complexity index is 1220. The molecule has 8 heteroatoms. The Kier molecular flexibility index (Phi) is 4.13. The first-order valence-electron chi connectivity index (χ1n) is 9.22. The molecule has 4 aromatic rings. The summed E-state index contributed by atoms with van der Waals surface area (Å²) in [6, 6.07) is 9.79. The smallest absolute Gasteiger partial charge is 0.184 e. The first-order valence-corrected chi connectivity index (χ1v) is 9.22. The van der Waals surface area contributed by atoms with Crippen molar-refractivity contribution >= 4 is 22.4 Å². The highest BCUT2D eigenvalue weighted by molar-refractivity contribution is 5.86. The molecule has 3 heterocycles. The molecule has 29 heavy (non-hydrogen) atoms. The average molecular weight is 390 g/mol. The molecule has 0 aliphatic carbocycles. The number of H-pyrrole nitrogens is 1. The standard InChI is InChI=1S/C21H19FN6O/c1-28-10-13-4-3-12(5-15(13)11-28)20-23-9-16(22)21(26-20)25-18-6-14-8-24-27-17(14)7-19(18)29-2/h3-9H,10-11H2,1-2H3,(H,24,27)(H,23,25,26). The van der Waals surface area contributed by atoms with Gasteiger partial charge in [0.25, 0.3) is 0 Å². The minimum Gasteiger partial charge on any atom is -0.494 e. The molecule has 146 valence electrons. The van der Waals surface area contributed by atoms with E-state index < -0.39 is 5.82 Å².